The predicted octanol–water partition coefficient (Wildman–Crippen LogP) is 2.05. The quantitative estimate of drug-likeness (QED) is 0.363. The SMILES string of the molecule is CCOC(=O)C[C@@H](c1ccc([N+](=O)[O-])cc1)[C@H](NC(=O)c1cccc(F)c1)C(N)=O. The van der Waals surface area contributed by atoms with E-state index in [0.29, 0.717) is 5.56 Å². The van der Waals surface area contributed by atoms with Crippen LogP contribution in [0.2, 0.25) is 0 Å². The van der Waals surface area contributed by atoms with Gasteiger partial charge in [0, 0.05) is 23.6 Å². The lowest BCUT2D eigenvalue weighted by atomic mass is 9.87. The van der Waals surface area contributed by atoms with Gasteiger partial charge < -0.3 is 15.8 Å². The van der Waals surface area contributed by atoms with Crippen LogP contribution in [-0.4, -0.2) is 35.4 Å². The van der Waals surface area contributed by atoms with Crippen molar-refractivity contribution in [1.29, 1.82) is 0 Å². The van der Waals surface area contributed by atoms with E-state index in [1.54, 1.807) is 6.92 Å². The highest BCUT2D eigenvalue weighted by Gasteiger charge is 2.32. The minimum atomic E-state index is -1.35. The van der Waals surface area contributed by atoms with Crippen LogP contribution in [0.4, 0.5) is 10.1 Å². The van der Waals surface area contributed by atoms with Crippen LogP contribution in [0.25, 0.3) is 0 Å². The smallest absolute Gasteiger partial charge is 0.306 e. The first kappa shape index (κ1) is 22.5. The summed E-state index contributed by atoms with van der Waals surface area (Å²) in [5.74, 6) is -3.95. The van der Waals surface area contributed by atoms with Crippen molar-refractivity contribution in [3.8, 4) is 0 Å². The number of halogens is 1. The minimum absolute atomic E-state index is 0.0418. The molecule has 30 heavy (non-hydrogen) atoms. The molecular formula is C20H20FN3O6. The number of hydrogen-bond acceptors (Lipinski definition) is 6. The summed E-state index contributed by atoms with van der Waals surface area (Å²) in [5, 5.41) is 13.3. The van der Waals surface area contributed by atoms with Gasteiger partial charge in [-0.2, -0.15) is 0 Å². The van der Waals surface area contributed by atoms with E-state index in [0.717, 1.165) is 12.1 Å². The topological polar surface area (TPSA) is 142 Å². The van der Waals surface area contributed by atoms with Gasteiger partial charge >= 0.3 is 5.97 Å². The molecule has 10 heteroatoms. The van der Waals surface area contributed by atoms with E-state index in [4.69, 9.17) is 10.5 Å². The maximum Gasteiger partial charge on any atom is 0.306 e. The third-order valence-electron chi connectivity index (χ3n) is 4.31. The lowest BCUT2D eigenvalue weighted by Crippen LogP contribution is -2.48. The number of carbonyl (C=O) groups excluding carboxylic acids is 3. The second-order valence-electron chi connectivity index (χ2n) is 6.33. The molecule has 0 saturated heterocycles. The molecule has 9 nitrogen and oxygen atoms in total. The van der Waals surface area contributed by atoms with Crippen molar-refractivity contribution in [2.45, 2.75) is 25.3 Å². The lowest BCUT2D eigenvalue weighted by Gasteiger charge is -2.25. The number of primary amides is 1. The average Bonchev–Trinajstić information content (AvgIpc) is 2.70. The van der Waals surface area contributed by atoms with Gasteiger partial charge in [0.2, 0.25) is 5.91 Å². The normalized spacial score (nSPS) is 12.5. The number of nitrogens with zero attached hydrogens (tertiary/aromatic N) is 1. The van der Waals surface area contributed by atoms with Gasteiger partial charge in [-0.05, 0) is 30.7 Å². The molecule has 0 aliphatic rings. The van der Waals surface area contributed by atoms with E-state index >= 15 is 0 Å². The van der Waals surface area contributed by atoms with Crippen molar-refractivity contribution in [2.24, 2.45) is 5.73 Å². The number of benzene rings is 2. The molecule has 0 aromatic heterocycles. The van der Waals surface area contributed by atoms with Crippen LogP contribution in [0, 0.1) is 15.9 Å². The number of nitrogens with one attached hydrogen (secondary N) is 1. The predicted molar refractivity (Wildman–Crippen MR) is 104 cm³/mol. The van der Waals surface area contributed by atoms with Crippen molar-refractivity contribution in [1.82, 2.24) is 5.32 Å². The second-order valence-corrected chi connectivity index (χ2v) is 6.33. The van der Waals surface area contributed by atoms with E-state index in [2.05, 4.69) is 5.32 Å². The molecule has 0 saturated carbocycles. The summed E-state index contributed by atoms with van der Waals surface area (Å²) in [6.45, 7) is 1.71. The zero-order valence-electron chi connectivity index (χ0n) is 16.0. The molecule has 158 valence electrons. The fraction of sp³-hybridized carbons (Fsp3) is 0.250. The summed E-state index contributed by atoms with van der Waals surface area (Å²) in [6.07, 6.45) is -0.317. The summed E-state index contributed by atoms with van der Waals surface area (Å²) in [4.78, 5) is 47.0. The molecule has 2 aromatic carbocycles. The lowest BCUT2D eigenvalue weighted by molar-refractivity contribution is -0.384. The number of hydrogen-bond donors (Lipinski definition) is 2. The van der Waals surface area contributed by atoms with Gasteiger partial charge in [-0.3, -0.25) is 24.5 Å². The molecule has 0 aliphatic carbocycles. The molecule has 0 heterocycles. The van der Waals surface area contributed by atoms with Gasteiger partial charge in [-0.1, -0.05) is 18.2 Å². The zero-order valence-corrected chi connectivity index (χ0v) is 16.0. The highest BCUT2D eigenvalue weighted by Crippen LogP contribution is 2.27. The molecule has 2 atom stereocenters. The molecule has 3 N–H and O–H groups in total. The second kappa shape index (κ2) is 10.1. The van der Waals surface area contributed by atoms with Gasteiger partial charge in [0.1, 0.15) is 11.9 Å². The maximum absolute atomic E-state index is 13.4. The standard InChI is InChI=1S/C20H20FN3O6/c1-2-30-17(25)11-16(12-6-8-15(9-7-12)24(28)29)18(19(22)26)23-20(27)13-4-3-5-14(21)10-13/h3-10,16,18H,2,11H2,1H3,(H2,22,26)(H,23,27)/t16-,18-/m0/s1. The number of nitro groups is 1. The van der Waals surface area contributed by atoms with Gasteiger partial charge in [0.15, 0.2) is 0 Å². The summed E-state index contributed by atoms with van der Waals surface area (Å²) in [5.41, 5.74) is 5.60. The fourth-order valence-electron chi connectivity index (χ4n) is 2.90. The number of nitrogens with two attached hydrogens (primary N) is 1. The van der Waals surface area contributed by atoms with E-state index in [9.17, 15) is 28.9 Å². The third kappa shape index (κ3) is 5.84. The Bertz CT molecular complexity index is 948. The highest BCUT2D eigenvalue weighted by atomic mass is 19.1. The van der Waals surface area contributed by atoms with Crippen LogP contribution < -0.4 is 11.1 Å². The molecule has 2 rings (SSSR count). The average molecular weight is 417 g/mol. The zero-order chi connectivity index (χ0) is 22.3. The molecule has 0 aliphatic heterocycles. The summed E-state index contributed by atoms with van der Waals surface area (Å²) >= 11 is 0. The summed E-state index contributed by atoms with van der Waals surface area (Å²) in [7, 11) is 0. The molecule has 0 fully saturated rings. The minimum Gasteiger partial charge on any atom is -0.466 e. The van der Waals surface area contributed by atoms with Crippen LogP contribution in [0.5, 0.6) is 0 Å². The Labute approximate surface area is 171 Å². The van der Waals surface area contributed by atoms with Crippen LogP contribution >= 0.6 is 0 Å². The molecule has 2 amide bonds. The van der Waals surface area contributed by atoms with Gasteiger partial charge in [-0.25, -0.2) is 4.39 Å². The van der Waals surface area contributed by atoms with Gasteiger partial charge in [-0.15, -0.1) is 0 Å². The van der Waals surface area contributed by atoms with E-state index in [1.807, 2.05) is 0 Å². The Hall–Kier alpha value is -3.82. The van der Waals surface area contributed by atoms with E-state index < -0.39 is 40.5 Å². The first-order valence-corrected chi connectivity index (χ1v) is 8.98. The molecular weight excluding hydrogens is 397 g/mol. The van der Waals surface area contributed by atoms with Gasteiger partial charge in [0.25, 0.3) is 11.6 Å². The Morgan fingerprint density at radius 1 is 1.20 bits per heavy atom. The molecule has 0 unspecified atom stereocenters. The number of esters is 1. The first-order valence-electron chi connectivity index (χ1n) is 8.98. The van der Waals surface area contributed by atoms with Crippen LogP contribution in [0.15, 0.2) is 48.5 Å². The van der Waals surface area contributed by atoms with Crippen LogP contribution in [0.1, 0.15) is 35.2 Å². The molecule has 2 aromatic rings. The largest absolute Gasteiger partial charge is 0.466 e. The maximum atomic E-state index is 13.4. The third-order valence-corrected chi connectivity index (χ3v) is 4.31. The van der Waals surface area contributed by atoms with Gasteiger partial charge in [0.05, 0.1) is 18.0 Å². The van der Waals surface area contributed by atoms with Crippen molar-refractivity contribution in [3.63, 3.8) is 0 Å². The van der Waals surface area contributed by atoms with E-state index in [-0.39, 0.29) is 24.3 Å². The summed E-state index contributed by atoms with van der Waals surface area (Å²) in [6, 6.07) is 8.62. The first-order chi connectivity index (χ1) is 14.2. The Balaban J connectivity index is 2.38. The van der Waals surface area contributed by atoms with Crippen LogP contribution in [0.3, 0.4) is 0 Å². The monoisotopic (exact) mass is 417 g/mol. The molecule has 0 radical (unpaired) electrons. The summed E-state index contributed by atoms with van der Waals surface area (Å²) < 4.78 is 18.3. The Kier molecular flexibility index (Phi) is 7.56. The van der Waals surface area contributed by atoms with Crippen molar-refractivity contribution >= 4 is 23.5 Å². The number of amides is 2. The molecule has 0 spiro atoms. The Morgan fingerprint density at radius 2 is 1.87 bits per heavy atom. The van der Waals surface area contributed by atoms with Crippen molar-refractivity contribution in [3.05, 3.63) is 75.6 Å². The number of carbonyl (C=O) groups is 3. The number of ether oxygens (including phenoxy) is 1. The Morgan fingerprint density at radius 3 is 2.40 bits per heavy atom. The van der Waals surface area contributed by atoms with Crippen molar-refractivity contribution < 1.29 is 28.4 Å². The highest BCUT2D eigenvalue weighted by molar-refractivity contribution is 5.97. The fourth-order valence-corrected chi connectivity index (χ4v) is 2.90. The van der Waals surface area contributed by atoms with Crippen molar-refractivity contribution in [2.75, 3.05) is 6.61 Å². The van der Waals surface area contributed by atoms with Crippen LogP contribution in [-0.2, 0) is 14.3 Å². The van der Waals surface area contributed by atoms with E-state index in [1.165, 1.54) is 36.4 Å². The number of non-ortho nitro benzene ring substituents is 1. The molecule has 0 bridgehead atoms. The number of nitro benzene ring substituents is 1. The number of rotatable bonds is 9.